The van der Waals surface area contributed by atoms with E-state index in [-0.39, 0.29) is 0 Å². The Kier molecular flexibility index (Phi) is 4.53. The third-order valence-corrected chi connectivity index (χ3v) is 3.32. The molecule has 1 aromatic carbocycles. The van der Waals surface area contributed by atoms with Gasteiger partial charge >= 0.3 is 0 Å². The summed E-state index contributed by atoms with van der Waals surface area (Å²) in [6.45, 7) is 6.57. The molecular formula is C16H21N3. The van der Waals surface area contributed by atoms with Gasteiger partial charge in [0, 0.05) is 31.5 Å². The fraction of sp³-hybridized carbons (Fsp3) is 0.312. The number of rotatable bonds is 5. The second-order valence-electron chi connectivity index (χ2n) is 4.66. The number of aryl methyl sites for hydroxylation is 1. The maximum atomic E-state index is 5.75. The number of nitrogens with two attached hydrogens (primary N) is 1. The second-order valence-corrected chi connectivity index (χ2v) is 4.66. The smallest absolute Gasteiger partial charge is 0.0589 e. The summed E-state index contributed by atoms with van der Waals surface area (Å²) >= 11 is 0. The molecule has 0 unspecified atom stereocenters. The van der Waals surface area contributed by atoms with Crippen molar-refractivity contribution in [3.8, 4) is 0 Å². The Morgan fingerprint density at radius 1 is 1.16 bits per heavy atom. The van der Waals surface area contributed by atoms with Gasteiger partial charge in [-0.3, -0.25) is 4.98 Å². The number of aromatic nitrogens is 1. The zero-order chi connectivity index (χ0) is 13.7. The molecule has 2 rings (SSSR count). The van der Waals surface area contributed by atoms with Gasteiger partial charge in [-0.05, 0) is 37.6 Å². The first-order valence-electron chi connectivity index (χ1n) is 6.69. The van der Waals surface area contributed by atoms with E-state index in [2.05, 4.69) is 54.1 Å². The van der Waals surface area contributed by atoms with Crippen molar-refractivity contribution in [3.63, 3.8) is 0 Å². The number of pyridine rings is 1. The van der Waals surface area contributed by atoms with Crippen molar-refractivity contribution in [1.29, 1.82) is 0 Å². The molecule has 0 aliphatic rings. The van der Waals surface area contributed by atoms with Crippen LogP contribution in [0.4, 0.5) is 5.69 Å². The molecule has 0 saturated carbocycles. The molecule has 1 aromatic heterocycles. The molecule has 1 heterocycles. The van der Waals surface area contributed by atoms with E-state index in [0.29, 0.717) is 6.54 Å². The summed E-state index contributed by atoms with van der Waals surface area (Å²) in [5, 5.41) is 0. The van der Waals surface area contributed by atoms with E-state index in [1.807, 2.05) is 6.07 Å². The van der Waals surface area contributed by atoms with E-state index in [4.69, 9.17) is 5.73 Å². The van der Waals surface area contributed by atoms with Gasteiger partial charge in [-0.2, -0.15) is 0 Å². The predicted molar refractivity (Wildman–Crippen MR) is 80.0 cm³/mol. The highest BCUT2D eigenvalue weighted by atomic mass is 15.1. The normalized spacial score (nSPS) is 10.5. The van der Waals surface area contributed by atoms with Crippen LogP contribution in [0.25, 0.3) is 0 Å². The van der Waals surface area contributed by atoms with Crippen LogP contribution in [0.1, 0.15) is 23.7 Å². The molecule has 19 heavy (non-hydrogen) atoms. The molecule has 100 valence electrons. The SMILES string of the molecule is CCN(Cc1cccnc1CN)c1ccc(C)cc1. The lowest BCUT2D eigenvalue weighted by Gasteiger charge is -2.24. The fourth-order valence-corrected chi connectivity index (χ4v) is 2.15. The second kappa shape index (κ2) is 6.34. The predicted octanol–water partition coefficient (Wildman–Crippen LogP) is 2.88. The van der Waals surface area contributed by atoms with Crippen LogP contribution in [-0.4, -0.2) is 11.5 Å². The highest BCUT2D eigenvalue weighted by Crippen LogP contribution is 2.18. The number of benzene rings is 1. The Bertz CT molecular complexity index is 520. The van der Waals surface area contributed by atoms with Crippen molar-refractivity contribution in [2.75, 3.05) is 11.4 Å². The van der Waals surface area contributed by atoms with Gasteiger partial charge in [0.1, 0.15) is 0 Å². The van der Waals surface area contributed by atoms with Crippen LogP contribution in [0.15, 0.2) is 42.6 Å². The van der Waals surface area contributed by atoms with Crippen LogP contribution < -0.4 is 10.6 Å². The van der Waals surface area contributed by atoms with E-state index < -0.39 is 0 Å². The minimum absolute atomic E-state index is 0.488. The first-order chi connectivity index (χ1) is 9.24. The number of hydrogen-bond donors (Lipinski definition) is 1. The summed E-state index contributed by atoms with van der Waals surface area (Å²) in [7, 11) is 0. The third kappa shape index (κ3) is 3.32. The van der Waals surface area contributed by atoms with Gasteiger partial charge in [0.05, 0.1) is 5.69 Å². The topological polar surface area (TPSA) is 42.2 Å². The van der Waals surface area contributed by atoms with Crippen LogP contribution in [-0.2, 0) is 13.1 Å². The lowest BCUT2D eigenvalue weighted by molar-refractivity contribution is 0.807. The molecule has 3 heteroatoms. The zero-order valence-electron chi connectivity index (χ0n) is 11.6. The van der Waals surface area contributed by atoms with Crippen molar-refractivity contribution in [1.82, 2.24) is 4.98 Å². The third-order valence-electron chi connectivity index (χ3n) is 3.32. The number of nitrogens with zero attached hydrogens (tertiary/aromatic N) is 2. The molecule has 2 N–H and O–H groups in total. The molecular weight excluding hydrogens is 234 g/mol. The van der Waals surface area contributed by atoms with Gasteiger partial charge in [-0.15, -0.1) is 0 Å². The molecule has 0 fully saturated rings. The van der Waals surface area contributed by atoms with Gasteiger partial charge in [-0.1, -0.05) is 23.8 Å². The summed E-state index contributed by atoms with van der Waals surface area (Å²) < 4.78 is 0. The summed E-state index contributed by atoms with van der Waals surface area (Å²) in [6, 6.07) is 12.7. The van der Waals surface area contributed by atoms with E-state index in [0.717, 1.165) is 18.8 Å². The molecule has 0 atom stereocenters. The van der Waals surface area contributed by atoms with Gasteiger partial charge in [-0.25, -0.2) is 0 Å². The van der Waals surface area contributed by atoms with Crippen molar-refractivity contribution < 1.29 is 0 Å². The zero-order valence-corrected chi connectivity index (χ0v) is 11.6. The molecule has 2 aromatic rings. The van der Waals surface area contributed by atoms with E-state index in [1.165, 1.54) is 16.8 Å². The Morgan fingerprint density at radius 3 is 2.53 bits per heavy atom. The van der Waals surface area contributed by atoms with E-state index >= 15 is 0 Å². The van der Waals surface area contributed by atoms with Crippen LogP contribution in [0.5, 0.6) is 0 Å². The maximum Gasteiger partial charge on any atom is 0.0589 e. The average molecular weight is 255 g/mol. The summed E-state index contributed by atoms with van der Waals surface area (Å²) in [5.74, 6) is 0. The van der Waals surface area contributed by atoms with Crippen LogP contribution in [0.3, 0.4) is 0 Å². The summed E-state index contributed by atoms with van der Waals surface area (Å²) in [4.78, 5) is 6.67. The monoisotopic (exact) mass is 255 g/mol. The van der Waals surface area contributed by atoms with Gasteiger partial charge in [0.15, 0.2) is 0 Å². The Balaban J connectivity index is 2.21. The lowest BCUT2D eigenvalue weighted by atomic mass is 10.1. The van der Waals surface area contributed by atoms with Crippen LogP contribution >= 0.6 is 0 Å². The minimum Gasteiger partial charge on any atom is -0.367 e. The average Bonchev–Trinajstić information content (AvgIpc) is 2.46. The molecule has 0 spiro atoms. The van der Waals surface area contributed by atoms with Crippen molar-refractivity contribution in [3.05, 3.63) is 59.4 Å². The summed E-state index contributed by atoms with van der Waals surface area (Å²) in [5.41, 5.74) is 10.4. The molecule has 0 amide bonds. The Morgan fingerprint density at radius 2 is 1.89 bits per heavy atom. The number of hydrogen-bond acceptors (Lipinski definition) is 3. The first-order valence-corrected chi connectivity index (χ1v) is 6.69. The highest BCUT2D eigenvalue weighted by molar-refractivity contribution is 5.48. The van der Waals surface area contributed by atoms with Gasteiger partial charge in [0.25, 0.3) is 0 Å². The van der Waals surface area contributed by atoms with Crippen LogP contribution in [0.2, 0.25) is 0 Å². The Hall–Kier alpha value is -1.87. The number of anilines is 1. The first kappa shape index (κ1) is 13.6. The van der Waals surface area contributed by atoms with Crippen molar-refractivity contribution >= 4 is 5.69 Å². The van der Waals surface area contributed by atoms with Crippen molar-refractivity contribution in [2.24, 2.45) is 5.73 Å². The molecule has 0 saturated heterocycles. The van der Waals surface area contributed by atoms with Gasteiger partial charge < -0.3 is 10.6 Å². The minimum atomic E-state index is 0.488. The van der Waals surface area contributed by atoms with Gasteiger partial charge in [0.2, 0.25) is 0 Å². The molecule has 0 aliphatic heterocycles. The highest BCUT2D eigenvalue weighted by Gasteiger charge is 2.08. The van der Waals surface area contributed by atoms with Crippen molar-refractivity contribution in [2.45, 2.75) is 26.9 Å². The maximum absolute atomic E-state index is 5.75. The van der Waals surface area contributed by atoms with Crippen LogP contribution in [0, 0.1) is 6.92 Å². The van der Waals surface area contributed by atoms with E-state index in [1.54, 1.807) is 6.20 Å². The molecule has 3 nitrogen and oxygen atoms in total. The van der Waals surface area contributed by atoms with E-state index in [9.17, 15) is 0 Å². The largest absolute Gasteiger partial charge is 0.367 e. The fourth-order valence-electron chi connectivity index (χ4n) is 2.15. The Labute approximate surface area is 115 Å². The molecule has 0 aliphatic carbocycles. The molecule has 0 radical (unpaired) electrons. The molecule has 0 bridgehead atoms. The summed E-state index contributed by atoms with van der Waals surface area (Å²) in [6.07, 6.45) is 1.80. The quantitative estimate of drug-likeness (QED) is 0.893. The standard InChI is InChI=1S/C16H21N3/c1-3-19(15-8-6-13(2)7-9-15)12-14-5-4-10-18-16(14)11-17/h4-10H,3,11-12,17H2,1-2H3. The lowest BCUT2D eigenvalue weighted by Crippen LogP contribution is -2.23.